The van der Waals surface area contributed by atoms with E-state index in [9.17, 15) is 9.59 Å². The fraction of sp³-hybridized carbons (Fsp3) is 0.364. The molecule has 3 rings (SSSR count). The minimum absolute atomic E-state index is 0.0568. The number of carbonyl (C=O) groups is 2. The summed E-state index contributed by atoms with van der Waals surface area (Å²) in [7, 11) is 0. The van der Waals surface area contributed by atoms with E-state index in [0.717, 1.165) is 23.2 Å². The van der Waals surface area contributed by atoms with Gasteiger partial charge in [0.05, 0.1) is 6.54 Å². The summed E-state index contributed by atoms with van der Waals surface area (Å²) in [6, 6.07) is 13.3. The highest BCUT2D eigenvalue weighted by Gasteiger charge is 2.23. The molecule has 0 spiro atoms. The maximum Gasteiger partial charge on any atom is 0.253 e. The molecule has 0 aliphatic carbocycles. The predicted molar refractivity (Wildman–Crippen MR) is 113 cm³/mol. The van der Waals surface area contributed by atoms with E-state index in [4.69, 9.17) is 11.6 Å². The first-order chi connectivity index (χ1) is 13.5. The number of benzene rings is 2. The van der Waals surface area contributed by atoms with Crippen molar-refractivity contribution in [2.75, 3.05) is 38.0 Å². The minimum Gasteiger partial charge on any atom is -0.336 e. The molecule has 2 aromatic rings. The monoisotopic (exact) mass is 399 g/mol. The van der Waals surface area contributed by atoms with E-state index in [2.05, 4.69) is 17.1 Å². The lowest BCUT2D eigenvalue weighted by Crippen LogP contribution is -2.50. The molecular formula is C22H26ClN3O2. The van der Waals surface area contributed by atoms with Crippen LogP contribution in [0.1, 0.15) is 28.4 Å². The summed E-state index contributed by atoms with van der Waals surface area (Å²) in [5, 5.41) is 3.56. The van der Waals surface area contributed by atoms with Crippen molar-refractivity contribution in [1.82, 2.24) is 9.80 Å². The van der Waals surface area contributed by atoms with Crippen LogP contribution in [-0.2, 0) is 11.2 Å². The number of halogens is 1. The third-order valence-corrected chi connectivity index (χ3v) is 5.59. The van der Waals surface area contributed by atoms with Crippen LogP contribution < -0.4 is 5.32 Å². The Hall–Kier alpha value is -2.37. The number of amides is 2. The number of hydrogen-bond acceptors (Lipinski definition) is 3. The average Bonchev–Trinajstić information content (AvgIpc) is 2.71. The molecule has 1 N–H and O–H groups in total. The van der Waals surface area contributed by atoms with E-state index < -0.39 is 0 Å². The molecule has 1 aliphatic heterocycles. The molecule has 2 amide bonds. The zero-order valence-electron chi connectivity index (χ0n) is 16.4. The summed E-state index contributed by atoms with van der Waals surface area (Å²) in [6.45, 7) is 6.89. The summed E-state index contributed by atoms with van der Waals surface area (Å²) in [5.74, 6) is -0.0124. The van der Waals surface area contributed by atoms with Crippen molar-refractivity contribution in [3.8, 4) is 0 Å². The lowest BCUT2D eigenvalue weighted by atomic mass is 10.1. The van der Waals surface area contributed by atoms with Crippen molar-refractivity contribution in [2.24, 2.45) is 0 Å². The van der Waals surface area contributed by atoms with Gasteiger partial charge in [-0.05, 0) is 48.7 Å². The third-order valence-electron chi connectivity index (χ3n) is 5.18. The van der Waals surface area contributed by atoms with Gasteiger partial charge in [-0.15, -0.1) is 0 Å². The summed E-state index contributed by atoms with van der Waals surface area (Å²) < 4.78 is 0. The number of hydrogen-bond donors (Lipinski definition) is 1. The Morgan fingerprint density at radius 3 is 2.36 bits per heavy atom. The zero-order chi connectivity index (χ0) is 20.1. The number of piperazine rings is 1. The lowest BCUT2D eigenvalue weighted by molar-refractivity contribution is -0.117. The van der Waals surface area contributed by atoms with Crippen LogP contribution in [0.15, 0.2) is 42.5 Å². The van der Waals surface area contributed by atoms with E-state index in [1.807, 2.05) is 48.2 Å². The molecule has 0 radical (unpaired) electrons. The maximum absolute atomic E-state index is 12.7. The van der Waals surface area contributed by atoms with Crippen molar-refractivity contribution in [3.63, 3.8) is 0 Å². The van der Waals surface area contributed by atoms with Crippen molar-refractivity contribution < 1.29 is 9.59 Å². The van der Waals surface area contributed by atoms with Gasteiger partial charge in [0.2, 0.25) is 5.91 Å². The average molecular weight is 400 g/mol. The Kier molecular flexibility index (Phi) is 6.70. The van der Waals surface area contributed by atoms with Crippen LogP contribution >= 0.6 is 11.6 Å². The number of aryl methyl sites for hydroxylation is 1. The first-order valence-electron chi connectivity index (χ1n) is 9.63. The largest absolute Gasteiger partial charge is 0.336 e. The standard InChI is InChI=1S/C22H26ClN3O2/c1-3-17-7-9-18(10-8-17)22(28)26-13-11-25(12-14-26)15-21(27)24-20-6-4-5-19(23)16(20)2/h4-10H,3,11-15H2,1-2H3,(H,24,27). The summed E-state index contributed by atoms with van der Waals surface area (Å²) >= 11 is 6.10. The third kappa shape index (κ3) is 4.91. The first kappa shape index (κ1) is 20.4. The molecule has 0 saturated carbocycles. The SMILES string of the molecule is CCc1ccc(C(=O)N2CCN(CC(=O)Nc3cccc(Cl)c3C)CC2)cc1. The Balaban J connectivity index is 1.50. The number of nitrogens with one attached hydrogen (secondary N) is 1. The van der Waals surface area contributed by atoms with Crippen LogP contribution in [-0.4, -0.2) is 54.3 Å². The fourth-order valence-electron chi connectivity index (χ4n) is 3.31. The molecule has 0 bridgehead atoms. The highest BCUT2D eigenvalue weighted by molar-refractivity contribution is 6.31. The van der Waals surface area contributed by atoms with Gasteiger partial charge in [-0.3, -0.25) is 14.5 Å². The Morgan fingerprint density at radius 1 is 1.04 bits per heavy atom. The number of rotatable bonds is 5. The Labute approximate surface area is 171 Å². The molecular weight excluding hydrogens is 374 g/mol. The molecule has 6 heteroatoms. The molecule has 0 unspecified atom stereocenters. The molecule has 1 fully saturated rings. The zero-order valence-corrected chi connectivity index (χ0v) is 17.1. The van der Waals surface area contributed by atoms with Crippen molar-refractivity contribution in [2.45, 2.75) is 20.3 Å². The molecule has 0 aromatic heterocycles. The van der Waals surface area contributed by atoms with Crippen LogP contribution in [0, 0.1) is 6.92 Å². The van der Waals surface area contributed by atoms with Crippen molar-refractivity contribution in [1.29, 1.82) is 0 Å². The van der Waals surface area contributed by atoms with Crippen LogP contribution in [0.4, 0.5) is 5.69 Å². The topological polar surface area (TPSA) is 52.7 Å². The van der Waals surface area contributed by atoms with Gasteiger partial charge >= 0.3 is 0 Å². The van der Waals surface area contributed by atoms with Crippen LogP contribution in [0.3, 0.4) is 0 Å². The van der Waals surface area contributed by atoms with Gasteiger partial charge in [-0.2, -0.15) is 0 Å². The number of anilines is 1. The van der Waals surface area contributed by atoms with Crippen LogP contribution in [0.25, 0.3) is 0 Å². The number of carbonyl (C=O) groups excluding carboxylic acids is 2. The van der Waals surface area contributed by atoms with E-state index in [-0.39, 0.29) is 11.8 Å². The van der Waals surface area contributed by atoms with Gasteiger partial charge in [-0.1, -0.05) is 36.7 Å². The van der Waals surface area contributed by atoms with E-state index >= 15 is 0 Å². The smallest absolute Gasteiger partial charge is 0.253 e. The van der Waals surface area contributed by atoms with Gasteiger partial charge in [-0.25, -0.2) is 0 Å². The molecule has 28 heavy (non-hydrogen) atoms. The van der Waals surface area contributed by atoms with Gasteiger partial charge < -0.3 is 10.2 Å². The minimum atomic E-state index is -0.0692. The predicted octanol–water partition coefficient (Wildman–Crippen LogP) is 3.61. The van der Waals surface area contributed by atoms with E-state index in [0.29, 0.717) is 37.7 Å². The van der Waals surface area contributed by atoms with E-state index in [1.165, 1.54) is 5.56 Å². The van der Waals surface area contributed by atoms with Crippen molar-refractivity contribution >= 4 is 29.1 Å². The highest BCUT2D eigenvalue weighted by atomic mass is 35.5. The Morgan fingerprint density at radius 2 is 1.71 bits per heavy atom. The van der Waals surface area contributed by atoms with Crippen molar-refractivity contribution in [3.05, 3.63) is 64.2 Å². The van der Waals surface area contributed by atoms with E-state index in [1.54, 1.807) is 6.07 Å². The molecule has 148 valence electrons. The fourth-order valence-corrected chi connectivity index (χ4v) is 3.48. The summed E-state index contributed by atoms with van der Waals surface area (Å²) in [5.41, 5.74) is 3.55. The summed E-state index contributed by atoms with van der Waals surface area (Å²) in [6.07, 6.45) is 0.962. The molecule has 1 saturated heterocycles. The summed E-state index contributed by atoms with van der Waals surface area (Å²) in [4.78, 5) is 28.9. The maximum atomic E-state index is 12.7. The Bertz CT molecular complexity index is 843. The quantitative estimate of drug-likeness (QED) is 0.835. The lowest BCUT2D eigenvalue weighted by Gasteiger charge is -2.34. The normalized spacial score (nSPS) is 14.8. The van der Waals surface area contributed by atoms with Crippen LogP contribution in [0.5, 0.6) is 0 Å². The molecule has 5 nitrogen and oxygen atoms in total. The second-order valence-corrected chi connectivity index (χ2v) is 7.49. The molecule has 0 atom stereocenters. The molecule has 1 aliphatic rings. The number of nitrogens with zero attached hydrogens (tertiary/aromatic N) is 2. The first-order valence-corrected chi connectivity index (χ1v) is 10.0. The molecule has 1 heterocycles. The second kappa shape index (κ2) is 9.22. The van der Waals surface area contributed by atoms with Gasteiger partial charge in [0.25, 0.3) is 5.91 Å². The highest BCUT2D eigenvalue weighted by Crippen LogP contribution is 2.22. The van der Waals surface area contributed by atoms with Gasteiger partial charge in [0, 0.05) is 42.5 Å². The van der Waals surface area contributed by atoms with Gasteiger partial charge in [0.1, 0.15) is 0 Å². The van der Waals surface area contributed by atoms with Gasteiger partial charge in [0.15, 0.2) is 0 Å². The second-order valence-electron chi connectivity index (χ2n) is 7.08. The van der Waals surface area contributed by atoms with Crippen LogP contribution in [0.2, 0.25) is 5.02 Å². The molecule has 2 aromatic carbocycles.